The highest BCUT2D eigenvalue weighted by molar-refractivity contribution is 7.18. The molecular weight excluding hydrogens is 306 g/mol. The minimum absolute atomic E-state index is 0.0110. The molecule has 3 rings (SSSR count). The number of ether oxygens (including phenoxy) is 1. The summed E-state index contributed by atoms with van der Waals surface area (Å²) in [6.07, 6.45) is 0. The van der Waals surface area contributed by atoms with E-state index in [4.69, 9.17) is 16.3 Å². The van der Waals surface area contributed by atoms with E-state index in [9.17, 15) is 8.78 Å². The molecule has 7 heteroatoms. The third-order valence-electron chi connectivity index (χ3n) is 2.55. The maximum absolute atomic E-state index is 13.6. The van der Waals surface area contributed by atoms with Gasteiger partial charge in [-0.15, -0.1) is 11.3 Å². The molecule has 0 fully saturated rings. The molecule has 0 saturated carbocycles. The van der Waals surface area contributed by atoms with Gasteiger partial charge in [-0.05, 0) is 36.7 Å². The van der Waals surface area contributed by atoms with Crippen molar-refractivity contribution in [1.82, 2.24) is 9.97 Å². The molecule has 2 heterocycles. The van der Waals surface area contributed by atoms with Crippen molar-refractivity contribution >= 4 is 33.2 Å². The maximum atomic E-state index is 13.6. The van der Waals surface area contributed by atoms with E-state index in [1.54, 1.807) is 0 Å². The van der Waals surface area contributed by atoms with Crippen molar-refractivity contribution < 1.29 is 13.5 Å². The molecule has 20 heavy (non-hydrogen) atoms. The van der Waals surface area contributed by atoms with Crippen LogP contribution in [0.5, 0.6) is 11.6 Å². The SMILES string of the molecule is Cc1cc2c(Oc3ccc(F)cc3F)nc(Cl)nc2s1. The molecule has 0 bridgehead atoms. The monoisotopic (exact) mass is 312 g/mol. The lowest BCUT2D eigenvalue weighted by Crippen LogP contribution is -1.94. The topological polar surface area (TPSA) is 35.0 Å². The second-order valence-electron chi connectivity index (χ2n) is 4.05. The first-order valence-electron chi connectivity index (χ1n) is 5.59. The van der Waals surface area contributed by atoms with Crippen LogP contribution < -0.4 is 4.74 Å². The number of nitrogens with zero attached hydrogens (tertiary/aromatic N) is 2. The molecule has 2 aromatic heterocycles. The molecule has 0 spiro atoms. The van der Waals surface area contributed by atoms with Gasteiger partial charge in [0.15, 0.2) is 11.6 Å². The van der Waals surface area contributed by atoms with Gasteiger partial charge in [0.25, 0.3) is 0 Å². The number of benzene rings is 1. The summed E-state index contributed by atoms with van der Waals surface area (Å²) in [5, 5.41) is 0.650. The summed E-state index contributed by atoms with van der Waals surface area (Å²) in [7, 11) is 0. The first-order valence-corrected chi connectivity index (χ1v) is 6.79. The molecule has 0 N–H and O–H groups in total. The summed E-state index contributed by atoms with van der Waals surface area (Å²) in [5.74, 6) is -1.45. The molecule has 0 atom stereocenters. The molecule has 102 valence electrons. The van der Waals surface area contributed by atoms with Crippen LogP contribution in [0.2, 0.25) is 5.28 Å². The summed E-state index contributed by atoms with van der Waals surface area (Å²) in [5.41, 5.74) is 0. The van der Waals surface area contributed by atoms with Gasteiger partial charge in [-0.1, -0.05) is 0 Å². The number of hydrogen-bond donors (Lipinski definition) is 0. The van der Waals surface area contributed by atoms with Gasteiger partial charge in [0.1, 0.15) is 10.6 Å². The predicted octanol–water partition coefficient (Wildman–Crippen LogP) is 4.72. The smallest absolute Gasteiger partial charge is 0.232 e. The molecule has 3 nitrogen and oxygen atoms in total. The van der Waals surface area contributed by atoms with Gasteiger partial charge in [-0.2, -0.15) is 4.98 Å². The molecule has 0 aliphatic carbocycles. The van der Waals surface area contributed by atoms with Gasteiger partial charge in [-0.3, -0.25) is 0 Å². The molecule has 3 aromatic rings. The van der Waals surface area contributed by atoms with Crippen LogP contribution in [-0.2, 0) is 0 Å². The molecule has 0 aliphatic rings. The summed E-state index contributed by atoms with van der Waals surface area (Å²) in [6.45, 7) is 1.91. The fourth-order valence-corrected chi connectivity index (χ4v) is 2.81. The van der Waals surface area contributed by atoms with Crippen molar-refractivity contribution in [1.29, 1.82) is 0 Å². The number of rotatable bonds is 2. The largest absolute Gasteiger partial charge is 0.435 e. The Labute approximate surface area is 121 Å². The Morgan fingerprint density at radius 1 is 1.20 bits per heavy atom. The Kier molecular flexibility index (Phi) is 3.27. The second-order valence-corrected chi connectivity index (χ2v) is 5.62. The molecule has 0 saturated heterocycles. The van der Waals surface area contributed by atoms with Gasteiger partial charge in [0, 0.05) is 10.9 Å². The minimum Gasteiger partial charge on any atom is -0.435 e. The van der Waals surface area contributed by atoms with E-state index in [-0.39, 0.29) is 16.9 Å². The van der Waals surface area contributed by atoms with E-state index >= 15 is 0 Å². The molecule has 0 amide bonds. The third kappa shape index (κ3) is 2.44. The Morgan fingerprint density at radius 3 is 2.75 bits per heavy atom. The number of thiophene rings is 1. The second kappa shape index (κ2) is 4.96. The quantitative estimate of drug-likeness (QED) is 0.642. The van der Waals surface area contributed by atoms with E-state index < -0.39 is 11.6 Å². The van der Waals surface area contributed by atoms with Gasteiger partial charge < -0.3 is 4.74 Å². The number of hydrogen-bond acceptors (Lipinski definition) is 4. The summed E-state index contributed by atoms with van der Waals surface area (Å²) in [6, 6.07) is 4.88. The maximum Gasteiger partial charge on any atom is 0.232 e. The highest BCUT2D eigenvalue weighted by Crippen LogP contribution is 2.34. The lowest BCUT2D eigenvalue weighted by atomic mass is 10.3. The lowest BCUT2D eigenvalue weighted by molar-refractivity contribution is 0.428. The van der Waals surface area contributed by atoms with Crippen LogP contribution in [0.3, 0.4) is 0 Å². The van der Waals surface area contributed by atoms with Crippen molar-refractivity contribution in [2.24, 2.45) is 0 Å². The van der Waals surface area contributed by atoms with Gasteiger partial charge in [-0.25, -0.2) is 13.8 Å². The van der Waals surface area contributed by atoms with E-state index in [1.165, 1.54) is 17.4 Å². The average molecular weight is 313 g/mol. The lowest BCUT2D eigenvalue weighted by Gasteiger charge is -2.07. The molecule has 0 unspecified atom stereocenters. The van der Waals surface area contributed by atoms with Crippen LogP contribution in [0.1, 0.15) is 4.88 Å². The van der Waals surface area contributed by atoms with Crippen LogP contribution in [0, 0.1) is 18.6 Å². The fraction of sp³-hybridized carbons (Fsp3) is 0.0769. The zero-order chi connectivity index (χ0) is 14.3. The zero-order valence-electron chi connectivity index (χ0n) is 10.2. The number of aromatic nitrogens is 2. The van der Waals surface area contributed by atoms with E-state index in [0.29, 0.717) is 10.2 Å². The Morgan fingerprint density at radius 2 is 2.00 bits per heavy atom. The summed E-state index contributed by atoms with van der Waals surface area (Å²) in [4.78, 5) is 9.68. The van der Waals surface area contributed by atoms with Crippen molar-refractivity contribution in [3.8, 4) is 11.6 Å². The summed E-state index contributed by atoms with van der Waals surface area (Å²) < 4.78 is 31.9. The zero-order valence-corrected chi connectivity index (χ0v) is 11.7. The van der Waals surface area contributed by atoms with Crippen molar-refractivity contribution in [2.75, 3.05) is 0 Å². The third-order valence-corrected chi connectivity index (χ3v) is 3.67. The van der Waals surface area contributed by atoms with E-state index in [1.807, 2.05) is 13.0 Å². The molecule has 1 aromatic carbocycles. The van der Waals surface area contributed by atoms with Gasteiger partial charge >= 0.3 is 0 Å². The fourth-order valence-electron chi connectivity index (χ4n) is 1.73. The van der Waals surface area contributed by atoms with Crippen molar-refractivity contribution in [3.63, 3.8) is 0 Å². The Bertz CT molecular complexity index is 806. The highest BCUT2D eigenvalue weighted by Gasteiger charge is 2.14. The standard InChI is InChI=1S/C13H7ClF2N2OS/c1-6-4-8-11(17-13(14)18-12(8)20-6)19-10-3-2-7(15)5-9(10)16/h2-5H,1H3. The molecule has 0 radical (unpaired) electrons. The first-order chi connectivity index (χ1) is 9.52. The summed E-state index contributed by atoms with van der Waals surface area (Å²) >= 11 is 7.24. The first kappa shape index (κ1) is 13.2. The van der Waals surface area contributed by atoms with Crippen LogP contribution in [0.25, 0.3) is 10.2 Å². The Hall–Kier alpha value is -1.79. The number of halogens is 3. The van der Waals surface area contributed by atoms with Crippen LogP contribution in [-0.4, -0.2) is 9.97 Å². The van der Waals surface area contributed by atoms with E-state index in [2.05, 4.69) is 9.97 Å². The average Bonchev–Trinajstić information content (AvgIpc) is 2.73. The normalized spacial score (nSPS) is 11.0. The van der Waals surface area contributed by atoms with E-state index in [0.717, 1.165) is 17.0 Å². The van der Waals surface area contributed by atoms with Crippen molar-refractivity contribution in [2.45, 2.75) is 6.92 Å². The number of aryl methyl sites for hydroxylation is 1. The highest BCUT2D eigenvalue weighted by atomic mass is 35.5. The van der Waals surface area contributed by atoms with Crippen LogP contribution in [0.15, 0.2) is 24.3 Å². The Balaban J connectivity index is 2.10. The van der Waals surface area contributed by atoms with Gasteiger partial charge in [0.2, 0.25) is 11.2 Å². The van der Waals surface area contributed by atoms with Crippen LogP contribution in [0.4, 0.5) is 8.78 Å². The molecular formula is C13H7ClF2N2OS. The number of fused-ring (bicyclic) bond motifs is 1. The molecule has 0 aliphatic heterocycles. The minimum atomic E-state index is -0.806. The predicted molar refractivity (Wildman–Crippen MR) is 73.6 cm³/mol. The van der Waals surface area contributed by atoms with Crippen molar-refractivity contribution in [3.05, 3.63) is 46.1 Å². The van der Waals surface area contributed by atoms with Gasteiger partial charge in [0.05, 0.1) is 5.39 Å². The van der Waals surface area contributed by atoms with Crippen LogP contribution >= 0.6 is 22.9 Å².